The van der Waals surface area contributed by atoms with Gasteiger partial charge in [0.2, 0.25) is 11.7 Å². The van der Waals surface area contributed by atoms with E-state index in [0.29, 0.717) is 30.1 Å². The summed E-state index contributed by atoms with van der Waals surface area (Å²) < 4.78 is 16.4. The van der Waals surface area contributed by atoms with Crippen LogP contribution in [0.25, 0.3) is 11.1 Å². The van der Waals surface area contributed by atoms with Gasteiger partial charge in [-0.15, -0.1) is 0 Å². The normalized spacial score (nSPS) is 19.4. The van der Waals surface area contributed by atoms with Crippen LogP contribution in [-0.4, -0.2) is 33.0 Å². The zero-order valence-corrected chi connectivity index (χ0v) is 20.7. The fourth-order valence-electron chi connectivity index (χ4n) is 5.36. The zero-order chi connectivity index (χ0) is 25.2. The maximum Gasteiger partial charge on any atom is 0.225 e. The number of carbonyl (C=O) groups excluding carboxylic acids is 2. The molecule has 0 radical (unpaired) electrons. The van der Waals surface area contributed by atoms with E-state index in [-0.39, 0.29) is 29.9 Å². The van der Waals surface area contributed by atoms with Crippen LogP contribution in [0.5, 0.6) is 17.2 Å². The highest BCUT2D eigenvalue weighted by Gasteiger charge is 2.38. The predicted molar refractivity (Wildman–Crippen MR) is 137 cm³/mol. The number of rotatable bonds is 6. The van der Waals surface area contributed by atoms with Crippen LogP contribution in [-0.2, 0) is 9.59 Å². The lowest BCUT2D eigenvalue weighted by molar-refractivity contribution is -0.122. The number of amides is 1. The molecule has 0 saturated carbocycles. The second kappa shape index (κ2) is 9.90. The monoisotopic (exact) mass is 483 g/mol. The molecule has 1 heterocycles. The van der Waals surface area contributed by atoms with E-state index in [1.165, 1.54) is 0 Å². The number of carbonyl (C=O) groups is 2. The highest BCUT2D eigenvalue weighted by atomic mass is 16.5. The van der Waals surface area contributed by atoms with E-state index >= 15 is 0 Å². The number of nitrogens with one attached hydrogen (secondary N) is 1. The molecule has 0 spiro atoms. The van der Waals surface area contributed by atoms with Crippen LogP contribution in [0.2, 0.25) is 0 Å². The number of benzene rings is 3. The van der Waals surface area contributed by atoms with Gasteiger partial charge in [0.15, 0.2) is 17.3 Å². The van der Waals surface area contributed by atoms with Crippen molar-refractivity contribution in [2.45, 2.75) is 31.1 Å². The Labute approximate surface area is 210 Å². The minimum absolute atomic E-state index is 0.0622. The molecule has 1 amide bonds. The third-order valence-corrected chi connectivity index (χ3v) is 7.11. The largest absolute Gasteiger partial charge is 0.493 e. The van der Waals surface area contributed by atoms with Crippen LogP contribution in [0, 0.1) is 0 Å². The SMILES string of the molecule is COc1cc(C2CC(=O)C3=C(C2)NC(=O)CC3c2ccc(-c3ccccc3)cc2)cc(OC)c1OC. The molecule has 0 bridgehead atoms. The summed E-state index contributed by atoms with van der Waals surface area (Å²) in [6.07, 6.45) is 1.18. The van der Waals surface area contributed by atoms with Crippen molar-refractivity contribution in [2.75, 3.05) is 21.3 Å². The minimum Gasteiger partial charge on any atom is -0.493 e. The summed E-state index contributed by atoms with van der Waals surface area (Å²) in [5.41, 5.74) is 5.58. The molecule has 2 atom stereocenters. The van der Waals surface area contributed by atoms with Crippen molar-refractivity contribution in [3.63, 3.8) is 0 Å². The van der Waals surface area contributed by atoms with E-state index < -0.39 is 0 Å². The van der Waals surface area contributed by atoms with Crippen LogP contribution in [0.1, 0.15) is 42.2 Å². The first-order valence-corrected chi connectivity index (χ1v) is 12.0. The van der Waals surface area contributed by atoms with Gasteiger partial charge in [0.05, 0.1) is 21.3 Å². The van der Waals surface area contributed by atoms with Gasteiger partial charge in [-0.05, 0) is 46.7 Å². The Morgan fingerprint density at radius 2 is 1.36 bits per heavy atom. The molecule has 1 aliphatic heterocycles. The van der Waals surface area contributed by atoms with Gasteiger partial charge in [-0.1, -0.05) is 54.6 Å². The zero-order valence-electron chi connectivity index (χ0n) is 20.7. The number of ketones is 1. The number of ether oxygens (including phenoxy) is 3. The lowest BCUT2D eigenvalue weighted by atomic mass is 9.73. The molecule has 0 aromatic heterocycles. The molecule has 2 aliphatic rings. The first kappa shape index (κ1) is 23.7. The predicted octanol–water partition coefficient (Wildman–Crippen LogP) is 5.38. The van der Waals surface area contributed by atoms with Gasteiger partial charge in [0, 0.05) is 30.0 Å². The van der Waals surface area contributed by atoms with E-state index in [4.69, 9.17) is 14.2 Å². The Morgan fingerprint density at radius 3 is 1.97 bits per heavy atom. The number of hydrogen-bond donors (Lipinski definition) is 1. The summed E-state index contributed by atoms with van der Waals surface area (Å²) >= 11 is 0. The lowest BCUT2D eigenvalue weighted by Gasteiger charge is -2.34. The molecule has 2 unspecified atom stereocenters. The molecule has 1 N–H and O–H groups in total. The van der Waals surface area contributed by atoms with Crippen LogP contribution >= 0.6 is 0 Å². The second-order valence-electron chi connectivity index (χ2n) is 9.17. The maximum absolute atomic E-state index is 13.5. The summed E-state index contributed by atoms with van der Waals surface area (Å²) in [5, 5.41) is 3.00. The van der Waals surface area contributed by atoms with Crippen molar-refractivity contribution < 1.29 is 23.8 Å². The number of hydrogen-bond acceptors (Lipinski definition) is 5. The summed E-state index contributed by atoms with van der Waals surface area (Å²) in [4.78, 5) is 26.2. The summed E-state index contributed by atoms with van der Waals surface area (Å²) in [6, 6.07) is 22.1. The third-order valence-electron chi connectivity index (χ3n) is 7.11. The van der Waals surface area contributed by atoms with Crippen LogP contribution in [0.15, 0.2) is 78.0 Å². The molecule has 6 heteroatoms. The highest BCUT2D eigenvalue weighted by molar-refractivity contribution is 6.02. The second-order valence-corrected chi connectivity index (χ2v) is 9.17. The quantitative estimate of drug-likeness (QED) is 0.509. The smallest absolute Gasteiger partial charge is 0.225 e. The van der Waals surface area contributed by atoms with Crippen molar-refractivity contribution in [3.05, 3.63) is 89.1 Å². The van der Waals surface area contributed by atoms with E-state index in [2.05, 4.69) is 29.6 Å². The maximum atomic E-state index is 13.5. The summed E-state index contributed by atoms with van der Waals surface area (Å²) in [7, 11) is 4.71. The molecule has 36 heavy (non-hydrogen) atoms. The van der Waals surface area contributed by atoms with Gasteiger partial charge in [-0.25, -0.2) is 0 Å². The standard InChI is InChI=1S/C30H29NO5/c1-34-26-15-22(16-27(35-2)30(26)36-3)21-13-24-29(25(32)14-21)23(17-28(33)31-24)20-11-9-19(10-12-20)18-7-5-4-6-8-18/h4-12,15-16,21,23H,13-14,17H2,1-3H3,(H,31,33). The van der Waals surface area contributed by atoms with Crippen molar-refractivity contribution in [1.29, 1.82) is 0 Å². The first-order valence-electron chi connectivity index (χ1n) is 12.0. The van der Waals surface area contributed by atoms with E-state index in [1.54, 1.807) is 21.3 Å². The molecular weight excluding hydrogens is 454 g/mol. The van der Waals surface area contributed by atoms with Gasteiger partial charge in [-0.2, -0.15) is 0 Å². The Hall–Kier alpha value is -4.06. The lowest BCUT2D eigenvalue weighted by Crippen LogP contribution is -2.38. The van der Waals surface area contributed by atoms with E-state index in [1.807, 2.05) is 42.5 Å². The van der Waals surface area contributed by atoms with Crippen molar-refractivity contribution in [1.82, 2.24) is 5.32 Å². The number of Topliss-reactive ketones (excluding diaryl/α,β-unsaturated/α-hetero) is 1. The average molecular weight is 484 g/mol. The molecule has 3 aromatic carbocycles. The topological polar surface area (TPSA) is 73.9 Å². The Morgan fingerprint density at radius 1 is 0.722 bits per heavy atom. The molecule has 1 aliphatic carbocycles. The van der Waals surface area contributed by atoms with Crippen molar-refractivity contribution >= 4 is 11.7 Å². The number of methoxy groups -OCH3 is 3. The van der Waals surface area contributed by atoms with E-state index in [9.17, 15) is 9.59 Å². The highest BCUT2D eigenvalue weighted by Crippen LogP contribution is 2.46. The van der Waals surface area contributed by atoms with Gasteiger partial charge < -0.3 is 19.5 Å². The Balaban J connectivity index is 1.47. The fraction of sp³-hybridized carbons (Fsp3) is 0.267. The molecule has 0 fully saturated rings. The molecular formula is C30H29NO5. The van der Waals surface area contributed by atoms with E-state index in [0.717, 1.165) is 33.5 Å². The first-order chi connectivity index (χ1) is 17.5. The molecule has 5 rings (SSSR count). The minimum atomic E-state index is -0.244. The fourth-order valence-corrected chi connectivity index (χ4v) is 5.36. The van der Waals surface area contributed by atoms with Gasteiger partial charge in [-0.3, -0.25) is 9.59 Å². The molecule has 3 aromatic rings. The number of allylic oxidation sites excluding steroid dienone is 2. The van der Waals surface area contributed by atoms with Crippen molar-refractivity contribution in [2.24, 2.45) is 0 Å². The summed E-state index contributed by atoms with van der Waals surface area (Å²) in [6.45, 7) is 0. The van der Waals surface area contributed by atoms with Gasteiger partial charge in [0.25, 0.3) is 0 Å². The van der Waals surface area contributed by atoms with Crippen LogP contribution < -0.4 is 19.5 Å². The summed E-state index contributed by atoms with van der Waals surface area (Å²) in [5.74, 6) is 1.25. The molecule has 6 nitrogen and oxygen atoms in total. The van der Waals surface area contributed by atoms with Crippen molar-refractivity contribution in [3.8, 4) is 28.4 Å². The molecule has 0 saturated heterocycles. The third kappa shape index (κ3) is 4.35. The van der Waals surface area contributed by atoms with Crippen LogP contribution in [0.4, 0.5) is 0 Å². The Kier molecular flexibility index (Phi) is 6.51. The van der Waals surface area contributed by atoms with Gasteiger partial charge in [0.1, 0.15) is 0 Å². The molecule has 184 valence electrons. The average Bonchev–Trinajstić information content (AvgIpc) is 2.92. The van der Waals surface area contributed by atoms with Crippen LogP contribution in [0.3, 0.4) is 0 Å². The Bertz CT molecular complexity index is 1300. The van der Waals surface area contributed by atoms with Gasteiger partial charge >= 0.3 is 0 Å².